The van der Waals surface area contributed by atoms with E-state index in [1.165, 1.54) is 12.1 Å². The minimum absolute atomic E-state index is 0.197. The highest BCUT2D eigenvalue weighted by molar-refractivity contribution is 6.43. The zero-order chi connectivity index (χ0) is 15.6. The van der Waals surface area contributed by atoms with Gasteiger partial charge in [0, 0.05) is 11.6 Å². The highest BCUT2D eigenvalue weighted by atomic mass is 35.5. The first kappa shape index (κ1) is 16.4. The lowest BCUT2D eigenvalue weighted by Gasteiger charge is -2.11. The minimum atomic E-state index is -0.388. The molecule has 6 heteroatoms. The fraction of sp³-hybridized carbons (Fsp3) is 0.133. The first-order valence-corrected chi connectivity index (χ1v) is 7.57. The lowest BCUT2D eigenvalue weighted by atomic mass is 10.0. The van der Waals surface area contributed by atoms with E-state index in [-0.39, 0.29) is 32.0 Å². The van der Waals surface area contributed by atoms with Crippen LogP contribution in [0.5, 0.6) is 5.75 Å². The van der Waals surface area contributed by atoms with Crippen LogP contribution in [0.25, 0.3) is 0 Å². The summed E-state index contributed by atoms with van der Waals surface area (Å²) in [6.45, 7) is 2.27. The Morgan fingerprint density at radius 1 is 1.00 bits per heavy atom. The topological polar surface area (TPSA) is 26.3 Å². The van der Waals surface area contributed by atoms with Crippen molar-refractivity contribution in [1.82, 2.24) is 0 Å². The lowest BCUT2D eigenvalue weighted by molar-refractivity contribution is 0.103. The fourth-order valence-electron chi connectivity index (χ4n) is 1.82. The summed E-state index contributed by atoms with van der Waals surface area (Å²) in [7, 11) is 0. The third-order valence-corrected chi connectivity index (χ3v) is 3.99. The van der Waals surface area contributed by atoms with Crippen molar-refractivity contribution in [3.05, 3.63) is 61.5 Å². The SMILES string of the molecule is CCOc1cc(Cl)c(C(=O)c2c(Cl)cccc2Cl)cc1Cl. The van der Waals surface area contributed by atoms with Gasteiger partial charge in [0.25, 0.3) is 0 Å². The molecule has 2 nitrogen and oxygen atoms in total. The summed E-state index contributed by atoms with van der Waals surface area (Å²) in [6, 6.07) is 7.80. The molecule has 0 amide bonds. The van der Waals surface area contributed by atoms with Crippen molar-refractivity contribution in [2.24, 2.45) is 0 Å². The van der Waals surface area contributed by atoms with Crippen LogP contribution in [-0.4, -0.2) is 12.4 Å². The number of ether oxygens (including phenoxy) is 1. The van der Waals surface area contributed by atoms with Crippen LogP contribution in [0.3, 0.4) is 0 Å². The van der Waals surface area contributed by atoms with Crippen molar-refractivity contribution in [3.63, 3.8) is 0 Å². The lowest BCUT2D eigenvalue weighted by Crippen LogP contribution is -2.05. The van der Waals surface area contributed by atoms with E-state index in [2.05, 4.69) is 0 Å². The Labute approximate surface area is 142 Å². The summed E-state index contributed by atoms with van der Waals surface area (Å²) in [6.07, 6.45) is 0. The van der Waals surface area contributed by atoms with E-state index in [4.69, 9.17) is 51.1 Å². The second-order valence-electron chi connectivity index (χ2n) is 4.12. The molecule has 0 heterocycles. The average Bonchev–Trinajstić information content (AvgIpc) is 2.42. The predicted molar refractivity (Wildman–Crippen MR) is 87.5 cm³/mol. The number of ketones is 1. The second kappa shape index (κ2) is 6.89. The number of hydrogen-bond donors (Lipinski definition) is 0. The summed E-state index contributed by atoms with van der Waals surface area (Å²) in [4.78, 5) is 12.6. The van der Waals surface area contributed by atoms with Crippen molar-refractivity contribution in [2.75, 3.05) is 6.61 Å². The van der Waals surface area contributed by atoms with Gasteiger partial charge in [-0.15, -0.1) is 0 Å². The number of halogens is 4. The van der Waals surface area contributed by atoms with Gasteiger partial charge in [-0.05, 0) is 25.1 Å². The Hall–Kier alpha value is -0.930. The standard InChI is InChI=1S/C15H10Cl4O2/c1-2-21-13-7-11(18)8(6-12(13)19)15(20)14-9(16)4-3-5-10(14)17/h3-7H,2H2,1H3. The zero-order valence-electron chi connectivity index (χ0n) is 10.9. The largest absolute Gasteiger partial charge is 0.492 e. The molecule has 110 valence electrons. The van der Waals surface area contributed by atoms with Crippen LogP contribution in [0.1, 0.15) is 22.8 Å². The van der Waals surface area contributed by atoms with E-state index >= 15 is 0 Å². The van der Waals surface area contributed by atoms with E-state index in [0.29, 0.717) is 17.4 Å². The number of carbonyl (C=O) groups is 1. The Morgan fingerprint density at radius 3 is 2.19 bits per heavy atom. The third-order valence-electron chi connectivity index (χ3n) is 2.76. The maximum Gasteiger partial charge on any atom is 0.197 e. The monoisotopic (exact) mass is 362 g/mol. The van der Waals surface area contributed by atoms with Crippen molar-refractivity contribution < 1.29 is 9.53 Å². The minimum Gasteiger partial charge on any atom is -0.492 e. The smallest absolute Gasteiger partial charge is 0.197 e. The summed E-state index contributed by atoms with van der Waals surface area (Å²) in [5.74, 6) is 0.0338. The normalized spacial score (nSPS) is 10.5. The molecule has 2 aromatic rings. The van der Waals surface area contributed by atoms with E-state index in [0.717, 1.165) is 0 Å². The van der Waals surface area contributed by atoms with Gasteiger partial charge in [0.2, 0.25) is 0 Å². The van der Waals surface area contributed by atoms with Crippen LogP contribution in [0.2, 0.25) is 20.1 Å². The van der Waals surface area contributed by atoms with Crippen LogP contribution in [0.4, 0.5) is 0 Å². The van der Waals surface area contributed by atoms with Gasteiger partial charge in [0.1, 0.15) is 5.75 Å². The molecular weight excluding hydrogens is 354 g/mol. The Morgan fingerprint density at radius 2 is 1.62 bits per heavy atom. The molecule has 0 radical (unpaired) electrons. The van der Waals surface area contributed by atoms with E-state index < -0.39 is 0 Å². The summed E-state index contributed by atoms with van der Waals surface area (Å²) >= 11 is 24.3. The molecule has 0 aromatic heterocycles. The number of hydrogen-bond acceptors (Lipinski definition) is 2. The highest BCUT2D eigenvalue weighted by Crippen LogP contribution is 2.34. The van der Waals surface area contributed by atoms with Gasteiger partial charge in [0.05, 0.1) is 32.3 Å². The maximum atomic E-state index is 12.6. The van der Waals surface area contributed by atoms with Crippen molar-refractivity contribution >= 4 is 52.2 Å². The molecule has 2 rings (SSSR count). The second-order valence-corrected chi connectivity index (χ2v) is 5.75. The number of benzene rings is 2. The van der Waals surface area contributed by atoms with Crippen LogP contribution < -0.4 is 4.74 Å². The van der Waals surface area contributed by atoms with E-state index in [9.17, 15) is 4.79 Å². The first-order chi connectivity index (χ1) is 9.95. The molecule has 0 bridgehead atoms. The first-order valence-electron chi connectivity index (χ1n) is 6.06. The molecular formula is C15H10Cl4O2. The molecule has 0 spiro atoms. The van der Waals surface area contributed by atoms with Gasteiger partial charge in [-0.25, -0.2) is 0 Å². The van der Waals surface area contributed by atoms with Crippen LogP contribution >= 0.6 is 46.4 Å². The van der Waals surface area contributed by atoms with Gasteiger partial charge < -0.3 is 4.74 Å². The molecule has 0 saturated heterocycles. The van der Waals surface area contributed by atoms with Gasteiger partial charge in [-0.3, -0.25) is 4.79 Å². The zero-order valence-corrected chi connectivity index (χ0v) is 13.9. The van der Waals surface area contributed by atoms with E-state index in [1.807, 2.05) is 6.92 Å². The summed E-state index contributed by atoms with van der Waals surface area (Å²) in [5.41, 5.74) is 0.420. The molecule has 0 saturated carbocycles. The van der Waals surface area contributed by atoms with E-state index in [1.54, 1.807) is 18.2 Å². The molecule has 0 N–H and O–H groups in total. The van der Waals surface area contributed by atoms with Crippen molar-refractivity contribution in [1.29, 1.82) is 0 Å². The quantitative estimate of drug-likeness (QED) is 0.629. The van der Waals surface area contributed by atoms with Crippen LogP contribution in [-0.2, 0) is 0 Å². The van der Waals surface area contributed by atoms with Crippen molar-refractivity contribution in [2.45, 2.75) is 6.92 Å². The van der Waals surface area contributed by atoms with Gasteiger partial charge >= 0.3 is 0 Å². The molecule has 0 fully saturated rings. The molecule has 0 aliphatic heterocycles. The Bertz CT molecular complexity index is 678. The van der Waals surface area contributed by atoms with Gasteiger partial charge in [-0.2, -0.15) is 0 Å². The van der Waals surface area contributed by atoms with Gasteiger partial charge in [-0.1, -0.05) is 52.5 Å². The number of rotatable bonds is 4. The molecule has 0 aliphatic carbocycles. The molecule has 21 heavy (non-hydrogen) atoms. The maximum absolute atomic E-state index is 12.6. The molecule has 0 unspecified atom stereocenters. The molecule has 0 aliphatic rings. The number of carbonyl (C=O) groups excluding carboxylic acids is 1. The summed E-state index contributed by atoms with van der Waals surface area (Å²) < 4.78 is 5.33. The van der Waals surface area contributed by atoms with Crippen LogP contribution in [0, 0.1) is 0 Å². The van der Waals surface area contributed by atoms with Crippen molar-refractivity contribution in [3.8, 4) is 5.75 Å². The van der Waals surface area contributed by atoms with Crippen LogP contribution in [0.15, 0.2) is 30.3 Å². The molecule has 0 atom stereocenters. The highest BCUT2D eigenvalue weighted by Gasteiger charge is 2.20. The van der Waals surface area contributed by atoms with Gasteiger partial charge in [0.15, 0.2) is 5.78 Å². The Balaban J connectivity index is 2.52. The average molecular weight is 364 g/mol. The Kier molecular flexibility index (Phi) is 5.39. The fourth-order valence-corrected chi connectivity index (χ4v) is 2.84. The predicted octanol–water partition coefficient (Wildman–Crippen LogP) is 5.93. The summed E-state index contributed by atoms with van der Waals surface area (Å²) in [5, 5.41) is 1.04. The third kappa shape index (κ3) is 3.46. The molecule has 2 aromatic carbocycles.